The number of aliphatic hydroxyl groups excluding tert-OH is 2. The van der Waals surface area contributed by atoms with Gasteiger partial charge in [0.1, 0.15) is 11.6 Å². The summed E-state index contributed by atoms with van der Waals surface area (Å²) in [6, 6.07) is 4.30. The van der Waals surface area contributed by atoms with Gasteiger partial charge >= 0.3 is 0 Å². The summed E-state index contributed by atoms with van der Waals surface area (Å²) in [4.78, 5) is 12.7. The van der Waals surface area contributed by atoms with Crippen LogP contribution >= 0.6 is 0 Å². The molecule has 0 aliphatic rings. The SMILES string of the molecule is CC(C)C[C@H](CO)Nc1nc(CC(C)c2ccc(CO)c(F)c2)nc(NS(C)(=O)=O)n1. The predicted octanol–water partition coefficient (Wildman–Crippen LogP) is 2.04. The maximum atomic E-state index is 14.0. The molecule has 0 saturated carbocycles. The molecule has 11 heteroatoms. The lowest BCUT2D eigenvalue weighted by Gasteiger charge is -2.19. The van der Waals surface area contributed by atoms with E-state index >= 15 is 0 Å². The van der Waals surface area contributed by atoms with Gasteiger partial charge in [0.15, 0.2) is 0 Å². The van der Waals surface area contributed by atoms with Gasteiger partial charge in [-0.15, -0.1) is 0 Å². The monoisotopic (exact) mass is 455 g/mol. The van der Waals surface area contributed by atoms with Gasteiger partial charge in [0, 0.05) is 12.0 Å². The molecule has 0 aliphatic heterocycles. The zero-order chi connectivity index (χ0) is 23.2. The van der Waals surface area contributed by atoms with Crippen LogP contribution in [0.15, 0.2) is 18.2 Å². The number of rotatable bonds is 11. The molecular weight excluding hydrogens is 425 g/mol. The fourth-order valence-corrected chi connectivity index (χ4v) is 3.53. The summed E-state index contributed by atoms with van der Waals surface area (Å²) in [5.74, 6) is -0.0489. The Balaban J connectivity index is 2.31. The number of aliphatic hydroxyl groups is 2. The molecule has 0 bridgehead atoms. The third kappa shape index (κ3) is 8.00. The van der Waals surface area contributed by atoms with Crippen molar-refractivity contribution >= 4 is 21.9 Å². The molecule has 0 fully saturated rings. The number of nitrogens with one attached hydrogen (secondary N) is 2. The lowest BCUT2D eigenvalue weighted by Crippen LogP contribution is -2.27. The van der Waals surface area contributed by atoms with Gasteiger partial charge in [-0.2, -0.15) is 15.0 Å². The Morgan fingerprint density at radius 1 is 1.10 bits per heavy atom. The van der Waals surface area contributed by atoms with Crippen molar-refractivity contribution in [3.05, 3.63) is 41.0 Å². The van der Waals surface area contributed by atoms with Crippen LogP contribution in [-0.4, -0.2) is 52.5 Å². The summed E-state index contributed by atoms with van der Waals surface area (Å²) in [5.41, 5.74) is 0.901. The molecule has 9 nitrogen and oxygen atoms in total. The van der Waals surface area contributed by atoms with Crippen molar-refractivity contribution in [1.82, 2.24) is 15.0 Å². The molecule has 2 atom stereocenters. The Bertz CT molecular complexity index is 988. The minimum absolute atomic E-state index is 0.134. The average molecular weight is 456 g/mol. The van der Waals surface area contributed by atoms with Crippen LogP contribution in [0.4, 0.5) is 16.3 Å². The third-order valence-corrected chi connectivity index (χ3v) is 5.13. The summed E-state index contributed by atoms with van der Waals surface area (Å²) in [7, 11) is -3.61. The first-order chi connectivity index (χ1) is 14.5. The second-order valence-corrected chi connectivity index (χ2v) is 9.79. The molecule has 4 N–H and O–H groups in total. The molecule has 1 aromatic carbocycles. The van der Waals surface area contributed by atoms with Gasteiger partial charge in [0.25, 0.3) is 0 Å². The number of hydrogen-bond acceptors (Lipinski definition) is 8. The Morgan fingerprint density at radius 2 is 1.77 bits per heavy atom. The van der Waals surface area contributed by atoms with E-state index < -0.39 is 15.8 Å². The normalized spacial score (nSPS) is 13.8. The zero-order valence-electron chi connectivity index (χ0n) is 18.1. The molecule has 1 heterocycles. The van der Waals surface area contributed by atoms with Gasteiger partial charge in [-0.25, -0.2) is 12.8 Å². The highest BCUT2D eigenvalue weighted by molar-refractivity contribution is 7.91. The van der Waals surface area contributed by atoms with Crippen molar-refractivity contribution in [2.24, 2.45) is 5.92 Å². The van der Waals surface area contributed by atoms with Crippen LogP contribution in [0.2, 0.25) is 0 Å². The minimum Gasteiger partial charge on any atom is -0.394 e. The minimum atomic E-state index is -3.61. The van der Waals surface area contributed by atoms with E-state index in [1.54, 1.807) is 6.07 Å². The lowest BCUT2D eigenvalue weighted by atomic mass is 9.96. The van der Waals surface area contributed by atoms with E-state index in [2.05, 4.69) is 25.0 Å². The van der Waals surface area contributed by atoms with Crippen LogP contribution in [0.5, 0.6) is 0 Å². The van der Waals surface area contributed by atoms with Crippen molar-refractivity contribution < 1.29 is 23.0 Å². The van der Waals surface area contributed by atoms with Gasteiger partial charge in [0.05, 0.1) is 25.5 Å². The quantitative estimate of drug-likeness (QED) is 0.404. The maximum Gasteiger partial charge on any atom is 0.241 e. The summed E-state index contributed by atoms with van der Waals surface area (Å²) < 4.78 is 39.6. The molecule has 31 heavy (non-hydrogen) atoms. The van der Waals surface area contributed by atoms with Crippen molar-refractivity contribution in [3.63, 3.8) is 0 Å². The van der Waals surface area contributed by atoms with Crippen LogP contribution in [0.25, 0.3) is 0 Å². The smallest absolute Gasteiger partial charge is 0.241 e. The molecule has 0 radical (unpaired) electrons. The number of benzene rings is 1. The first-order valence-electron chi connectivity index (χ1n) is 10.00. The van der Waals surface area contributed by atoms with Crippen LogP contribution in [0, 0.1) is 11.7 Å². The molecule has 2 aromatic rings. The van der Waals surface area contributed by atoms with Gasteiger partial charge in [0.2, 0.25) is 21.9 Å². The molecule has 0 aliphatic carbocycles. The lowest BCUT2D eigenvalue weighted by molar-refractivity contribution is 0.259. The highest BCUT2D eigenvalue weighted by Crippen LogP contribution is 2.23. The van der Waals surface area contributed by atoms with Crippen LogP contribution in [-0.2, 0) is 23.1 Å². The Hall–Kier alpha value is -2.37. The highest BCUT2D eigenvalue weighted by atomic mass is 32.2. The topological polar surface area (TPSA) is 137 Å². The maximum absolute atomic E-state index is 14.0. The Labute approximate surface area is 182 Å². The summed E-state index contributed by atoms with van der Waals surface area (Å²) in [6.45, 7) is 5.38. The standard InChI is InChI=1S/C20H30FN5O4S/c1-12(2)7-16(11-28)22-19-23-18(24-20(25-19)26-31(4,29)30)8-13(3)14-5-6-15(10-27)17(21)9-14/h5-6,9,12-13,16,27-28H,7-8,10-11H2,1-4H3,(H2,22,23,24,25,26)/t13?,16-/m1/s1. The first-order valence-corrected chi connectivity index (χ1v) is 11.9. The molecule has 0 amide bonds. The largest absolute Gasteiger partial charge is 0.394 e. The van der Waals surface area contributed by atoms with E-state index in [4.69, 9.17) is 5.11 Å². The number of nitrogens with zero attached hydrogens (tertiary/aromatic N) is 3. The van der Waals surface area contributed by atoms with E-state index in [0.29, 0.717) is 30.1 Å². The zero-order valence-corrected chi connectivity index (χ0v) is 18.9. The van der Waals surface area contributed by atoms with Crippen molar-refractivity contribution in [1.29, 1.82) is 0 Å². The molecule has 172 valence electrons. The van der Waals surface area contributed by atoms with Crippen LogP contribution in [0.3, 0.4) is 0 Å². The molecular formula is C20H30FN5O4S. The first kappa shape index (κ1) is 24.9. The number of halogens is 1. The molecule has 0 saturated heterocycles. The van der Waals surface area contributed by atoms with Crippen molar-refractivity contribution in [2.75, 3.05) is 22.9 Å². The van der Waals surface area contributed by atoms with E-state index in [9.17, 15) is 17.9 Å². The highest BCUT2D eigenvalue weighted by Gasteiger charge is 2.17. The van der Waals surface area contributed by atoms with Gasteiger partial charge in [-0.1, -0.05) is 32.9 Å². The Morgan fingerprint density at radius 3 is 2.32 bits per heavy atom. The number of hydrogen-bond donors (Lipinski definition) is 4. The fraction of sp³-hybridized carbons (Fsp3) is 0.550. The van der Waals surface area contributed by atoms with E-state index in [-0.39, 0.29) is 42.6 Å². The number of sulfonamides is 1. The second kappa shape index (κ2) is 10.8. The van der Waals surface area contributed by atoms with Gasteiger partial charge in [-0.05, 0) is 29.9 Å². The van der Waals surface area contributed by atoms with Gasteiger partial charge in [-0.3, -0.25) is 4.72 Å². The second-order valence-electron chi connectivity index (χ2n) is 8.04. The average Bonchev–Trinajstić information content (AvgIpc) is 2.65. The molecule has 1 aromatic heterocycles. The van der Waals surface area contributed by atoms with E-state index in [1.165, 1.54) is 12.1 Å². The van der Waals surface area contributed by atoms with E-state index in [1.807, 2.05) is 20.8 Å². The molecule has 2 rings (SSSR count). The van der Waals surface area contributed by atoms with Crippen molar-refractivity contribution in [2.45, 2.75) is 52.2 Å². The summed E-state index contributed by atoms with van der Waals surface area (Å²) >= 11 is 0. The molecule has 1 unspecified atom stereocenters. The van der Waals surface area contributed by atoms with Crippen molar-refractivity contribution in [3.8, 4) is 0 Å². The van der Waals surface area contributed by atoms with Crippen LogP contribution in [0.1, 0.15) is 50.1 Å². The fourth-order valence-electron chi connectivity index (χ4n) is 3.11. The summed E-state index contributed by atoms with van der Waals surface area (Å²) in [5, 5.41) is 21.8. The predicted molar refractivity (Wildman–Crippen MR) is 117 cm³/mol. The third-order valence-electron chi connectivity index (χ3n) is 4.57. The summed E-state index contributed by atoms with van der Waals surface area (Å²) in [6.07, 6.45) is 1.95. The van der Waals surface area contributed by atoms with Crippen LogP contribution < -0.4 is 10.0 Å². The number of anilines is 2. The van der Waals surface area contributed by atoms with E-state index in [0.717, 1.165) is 6.26 Å². The number of aromatic nitrogens is 3. The Kier molecular flexibility index (Phi) is 8.66. The molecule has 0 spiro atoms. The van der Waals surface area contributed by atoms with Gasteiger partial charge < -0.3 is 15.5 Å².